The van der Waals surface area contributed by atoms with E-state index >= 15 is 0 Å². The maximum absolute atomic E-state index is 6.16. The highest BCUT2D eigenvalue weighted by atomic mass is 35.5. The summed E-state index contributed by atoms with van der Waals surface area (Å²) in [5.41, 5.74) is 2.52. The summed E-state index contributed by atoms with van der Waals surface area (Å²) in [5.74, 6) is 2.82. The van der Waals surface area contributed by atoms with E-state index < -0.39 is 0 Å². The first-order valence-corrected chi connectivity index (χ1v) is 6.97. The highest BCUT2D eigenvalue weighted by molar-refractivity contribution is 6.30. The Balaban J connectivity index is 1.94. The van der Waals surface area contributed by atoms with Gasteiger partial charge < -0.3 is 10.1 Å². The maximum atomic E-state index is 6.16. The lowest BCUT2D eigenvalue weighted by atomic mass is 9.92. The second-order valence-electron chi connectivity index (χ2n) is 5.19. The van der Waals surface area contributed by atoms with Crippen LogP contribution in [0.1, 0.15) is 23.0 Å². The van der Waals surface area contributed by atoms with Crippen molar-refractivity contribution in [3.8, 4) is 11.5 Å². The first-order chi connectivity index (χ1) is 9.33. The molecule has 2 aliphatic heterocycles. The molecule has 0 saturated carbocycles. The number of rotatable bonds is 0. The largest absolute Gasteiger partial charge is 0.457 e. The Kier molecular flexibility index (Phi) is 2.54. The molecule has 1 N–H and O–H groups in total. The van der Waals surface area contributed by atoms with Crippen LogP contribution in [-0.2, 0) is 0 Å². The van der Waals surface area contributed by atoms with Gasteiger partial charge in [0.1, 0.15) is 11.5 Å². The average molecular weight is 278 g/mol. The molecule has 2 aromatic rings. The van der Waals surface area contributed by atoms with Crippen molar-refractivity contribution in [2.24, 2.45) is 0 Å². The van der Waals surface area contributed by atoms with Gasteiger partial charge in [0.05, 0.1) is 0 Å². The fraction of sp³-hybridized carbons (Fsp3) is 0.250. The molecule has 19 heavy (non-hydrogen) atoms. The molecule has 0 radical (unpaired) electrons. The van der Waals surface area contributed by atoms with E-state index in [0.29, 0.717) is 11.8 Å². The fourth-order valence-electron chi connectivity index (χ4n) is 3.23. The Labute approximate surface area is 117 Å². The van der Waals surface area contributed by atoms with Crippen LogP contribution in [0.3, 0.4) is 0 Å². The van der Waals surface area contributed by atoms with Crippen molar-refractivity contribution in [2.45, 2.75) is 11.8 Å². The van der Waals surface area contributed by atoms with E-state index in [1.54, 1.807) is 0 Å². The SMILES string of the molecule is Cl[13c]1[13cH][13cH][13c]2[13c]([13cH]1)[C@@H]1CNC[C@H]1c1ccccc1O2. The molecule has 0 aliphatic carbocycles. The summed E-state index contributed by atoms with van der Waals surface area (Å²) in [7, 11) is 0. The molecular formula is C16H14ClNO. The fourth-order valence-corrected chi connectivity index (χ4v) is 3.41. The monoisotopic (exact) mass is 277 g/mol. The summed E-state index contributed by atoms with van der Waals surface area (Å²) in [6.07, 6.45) is 0. The molecule has 0 bridgehead atoms. The van der Waals surface area contributed by atoms with E-state index in [1.807, 2.05) is 24.3 Å². The van der Waals surface area contributed by atoms with E-state index in [2.05, 4.69) is 23.5 Å². The van der Waals surface area contributed by atoms with Gasteiger partial charge in [-0.3, -0.25) is 0 Å². The quantitative estimate of drug-likeness (QED) is 0.788. The zero-order valence-corrected chi connectivity index (χ0v) is 11.2. The van der Waals surface area contributed by atoms with Crippen LogP contribution >= 0.6 is 11.6 Å². The number of para-hydroxylation sites is 1. The number of ether oxygens (including phenoxy) is 1. The van der Waals surface area contributed by atoms with E-state index in [1.165, 1.54) is 11.1 Å². The third kappa shape index (κ3) is 1.75. The Morgan fingerprint density at radius 1 is 0.947 bits per heavy atom. The van der Waals surface area contributed by atoms with Crippen LogP contribution in [0.4, 0.5) is 0 Å². The molecule has 1 fully saturated rings. The molecule has 0 aromatic heterocycles. The number of benzene rings is 2. The Bertz CT molecular complexity index is 640. The van der Waals surface area contributed by atoms with Crippen molar-refractivity contribution in [1.82, 2.24) is 5.32 Å². The highest BCUT2D eigenvalue weighted by Crippen LogP contribution is 2.48. The van der Waals surface area contributed by atoms with E-state index in [9.17, 15) is 0 Å². The van der Waals surface area contributed by atoms with Gasteiger partial charge in [0.15, 0.2) is 0 Å². The molecule has 3 heteroatoms. The number of nitrogens with one attached hydrogen (secondary N) is 1. The molecule has 0 amide bonds. The van der Waals surface area contributed by atoms with Crippen LogP contribution in [0.15, 0.2) is 42.5 Å². The average Bonchev–Trinajstić information content (AvgIpc) is 2.86. The molecule has 0 spiro atoms. The zero-order valence-electron chi connectivity index (χ0n) is 10.4. The summed E-state index contributed by atoms with van der Waals surface area (Å²) >= 11 is 6.16. The van der Waals surface area contributed by atoms with Gasteiger partial charge in [0, 0.05) is 35.5 Å². The number of hydrogen-bond acceptors (Lipinski definition) is 2. The number of fused-ring (bicyclic) bond motifs is 5. The second kappa shape index (κ2) is 4.26. The molecular weight excluding hydrogens is 264 g/mol. The van der Waals surface area contributed by atoms with Gasteiger partial charge in [0.25, 0.3) is 0 Å². The van der Waals surface area contributed by atoms with Gasteiger partial charge in [0.2, 0.25) is 0 Å². The first kappa shape index (κ1) is 11.3. The van der Waals surface area contributed by atoms with E-state index in [-0.39, 0.29) is 0 Å². The zero-order chi connectivity index (χ0) is 12.8. The van der Waals surface area contributed by atoms with Crippen LogP contribution in [0.25, 0.3) is 0 Å². The first-order valence-electron chi connectivity index (χ1n) is 6.60. The Morgan fingerprint density at radius 2 is 1.68 bits per heavy atom. The van der Waals surface area contributed by atoms with E-state index in [4.69, 9.17) is 16.3 Å². The molecule has 0 unspecified atom stereocenters. The number of halogens is 1. The van der Waals surface area contributed by atoms with Crippen LogP contribution in [0.2, 0.25) is 5.02 Å². The van der Waals surface area contributed by atoms with Crippen LogP contribution in [0, 0.1) is 0 Å². The van der Waals surface area contributed by atoms with Crippen LogP contribution in [0.5, 0.6) is 11.5 Å². The van der Waals surface area contributed by atoms with Crippen molar-refractivity contribution < 1.29 is 4.74 Å². The van der Waals surface area contributed by atoms with Crippen LogP contribution in [-0.4, -0.2) is 13.1 Å². The molecule has 1 saturated heterocycles. The highest BCUT2D eigenvalue weighted by Gasteiger charge is 2.35. The van der Waals surface area contributed by atoms with E-state index in [0.717, 1.165) is 29.6 Å². The predicted molar refractivity (Wildman–Crippen MR) is 76.3 cm³/mol. The van der Waals surface area contributed by atoms with Crippen molar-refractivity contribution in [3.05, 3.63) is 58.6 Å². The molecule has 2 heterocycles. The predicted octanol–water partition coefficient (Wildman–Crippen LogP) is 3.92. The van der Waals surface area contributed by atoms with Crippen LogP contribution < -0.4 is 10.1 Å². The summed E-state index contributed by atoms with van der Waals surface area (Å²) in [5, 5.41) is 4.27. The minimum atomic E-state index is 0.442. The lowest BCUT2D eigenvalue weighted by Gasteiger charge is -2.17. The van der Waals surface area contributed by atoms with Crippen molar-refractivity contribution in [1.29, 1.82) is 0 Å². The van der Waals surface area contributed by atoms with Gasteiger partial charge in [-0.25, -0.2) is 0 Å². The lowest BCUT2D eigenvalue weighted by Crippen LogP contribution is -2.08. The Hall–Kier alpha value is -1.51. The lowest BCUT2D eigenvalue weighted by molar-refractivity contribution is 0.476. The van der Waals surface area contributed by atoms with Gasteiger partial charge >= 0.3 is 0 Å². The maximum Gasteiger partial charge on any atom is 0.131 e. The minimum Gasteiger partial charge on any atom is -0.457 e. The van der Waals surface area contributed by atoms with Gasteiger partial charge in [-0.15, -0.1) is 0 Å². The second-order valence-corrected chi connectivity index (χ2v) is 5.63. The molecule has 2 aliphatic rings. The standard InChI is InChI=1S/C16H14ClNO/c17-10-5-6-16-12(7-10)14-9-18-8-13(14)11-3-1-2-4-15(11)19-16/h1-7,13-14,18H,8-9H2/t13-,14-/m0/s1/i5+1,6+1,7+1,10+1,12+1,16+1. The third-order valence-corrected chi connectivity index (χ3v) is 4.36. The van der Waals surface area contributed by atoms with Gasteiger partial charge in [-0.1, -0.05) is 29.8 Å². The summed E-state index contributed by atoms with van der Waals surface area (Å²) in [4.78, 5) is 0. The third-order valence-electron chi connectivity index (χ3n) is 4.12. The minimum absolute atomic E-state index is 0.442. The molecule has 4 rings (SSSR count). The molecule has 96 valence electrons. The van der Waals surface area contributed by atoms with Gasteiger partial charge in [-0.2, -0.15) is 0 Å². The molecule has 2 atom stereocenters. The van der Waals surface area contributed by atoms with Crippen molar-refractivity contribution in [3.63, 3.8) is 0 Å². The Morgan fingerprint density at radius 3 is 2.58 bits per heavy atom. The smallest absolute Gasteiger partial charge is 0.131 e. The topological polar surface area (TPSA) is 21.3 Å². The summed E-state index contributed by atoms with van der Waals surface area (Å²) in [6, 6.07) is 14.3. The summed E-state index contributed by atoms with van der Waals surface area (Å²) < 4.78 is 6.11. The number of hydrogen-bond donors (Lipinski definition) is 1. The van der Waals surface area contributed by atoms with Crippen molar-refractivity contribution in [2.75, 3.05) is 13.1 Å². The molecule has 2 aromatic carbocycles. The summed E-state index contributed by atoms with van der Waals surface area (Å²) in [6.45, 7) is 1.98. The normalized spacial score (nSPS) is 23.8. The molecule has 2 nitrogen and oxygen atoms in total. The van der Waals surface area contributed by atoms with Gasteiger partial charge in [-0.05, 0) is 29.8 Å². The van der Waals surface area contributed by atoms with Crippen molar-refractivity contribution >= 4 is 11.6 Å².